The quantitative estimate of drug-likeness (QED) is 0.804. The molecule has 3 aliphatic rings. The lowest BCUT2D eigenvalue weighted by molar-refractivity contribution is 0.00371. The van der Waals surface area contributed by atoms with Gasteiger partial charge in [-0.1, -0.05) is 6.42 Å². The minimum Gasteiger partial charge on any atom is -0.392 e. The van der Waals surface area contributed by atoms with Gasteiger partial charge in [0, 0.05) is 32.3 Å². The third kappa shape index (κ3) is 4.70. The Hall–Kier alpha value is -0.670. The van der Waals surface area contributed by atoms with Crippen molar-refractivity contribution in [3.05, 3.63) is 0 Å². The largest absolute Gasteiger partial charge is 0.392 e. The third-order valence-corrected chi connectivity index (χ3v) is 6.18. The number of nitriles is 1. The molecule has 2 atom stereocenters. The summed E-state index contributed by atoms with van der Waals surface area (Å²) < 4.78 is 5.39. The molecule has 3 saturated heterocycles. The van der Waals surface area contributed by atoms with Crippen molar-refractivity contribution in [2.75, 3.05) is 45.9 Å². The maximum Gasteiger partial charge on any atom is 0.0692 e. The molecule has 0 aromatic rings. The van der Waals surface area contributed by atoms with Crippen LogP contribution in [0.3, 0.4) is 0 Å². The summed E-state index contributed by atoms with van der Waals surface area (Å²) in [5.74, 6) is 0. The Morgan fingerprint density at radius 2 is 1.88 bits per heavy atom. The summed E-state index contributed by atoms with van der Waals surface area (Å²) in [6.07, 6.45) is 8.26. The standard InChI is InChI=1S/C19H33N3O2/c20-16-19(6-11-24-12-7-19)13-18(23)15-22-10-4-5-17(22)14-21-8-2-1-3-9-21/h17-18,23H,1-15H2. The van der Waals surface area contributed by atoms with Crippen molar-refractivity contribution in [1.82, 2.24) is 9.80 Å². The highest BCUT2D eigenvalue weighted by atomic mass is 16.5. The molecule has 2 unspecified atom stereocenters. The van der Waals surface area contributed by atoms with E-state index >= 15 is 0 Å². The van der Waals surface area contributed by atoms with Gasteiger partial charge < -0.3 is 14.7 Å². The van der Waals surface area contributed by atoms with E-state index in [1.165, 1.54) is 45.2 Å². The molecule has 0 amide bonds. The zero-order chi connectivity index (χ0) is 16.8. The minimum absolute atomic E-state index is 0.375. The zero-order valence-electron chi connectivity index (χ0n) is 15.0. The van der Waals surface area contributed by atoms with E-state index in [-0.39, 0.29) is 5.41 Å². The van der Waals surface area contributed by atoms with Crippen LogP contribution in [-0.2, 0) is 4.74 Å². The van der Waals surface area contributed by atoms with Gasteiger partial charge in [-0.25, -0.2) is 0 Å². The van der Waals surface area contributed by atoms with Gasteiger partial charge in [-0.3, -0.25) is 4.90 Å². The highest BCUT2D eigenvalue weighted by Crippen LogP contribution is 2.35. The fourth-order valence-corrected chi connectivity index (χ4v) is 4.69. The highest BCUT2D eigenvalue weighted by Gasteiger charge is 2.36. The van der Waals surface area contributed by atoms with Crippen LogP contribution in [0, 0.1) is 16.7 Å². The van der Waals surface area contributed by atoms with E-state index in [0.717, 1.165) is 32.5 Å². The molecule has 136 valence electrons. The maximum atomic E-state index is 10.6. The van der Waals surface area contributed by atoms with E-state index in [4.69, 9.17) is 4.74 Å². The molecule has 0 bridgehead atoms. The molecular formula is C19H33N3O2. The maximum absolute atomic E-state index is 10.6. The van der Waals surface area contributed by atoms with E-state index in [9.17, 15) is 10.4 Å². The molecule has 1 N–H and O–H groups in total. The van der Waals surface area contributed by atoms with Gasteiger partial charge in [0.25, 0.3) is 0 Å². The van der Waals surface area contributed by atoms with Gasteiger partial charge in [0.15, 0.2) is 0 Å². The van der Waals surface area contributed by atoms with Gasteiger partial charge in [-0.2, -0.15) is 5.26 Å². The fourth-order valence-electron chi connectivity index (χ4n) is 4.69. The SMILES string of the molecule is N#CC1(CC(O)CN2CCCC2CN2CCCCC2)CCOCC1. The number of nitrogens with zero attached hydrogens (tertiary/aromatic N) is 3. The highest BCUT2D eigenvalue weighted by molar-refractivity contribution is 5.02. The number of aliphatic hydroxyl groups excluding tert-OH is 1. The van der Waals surface area contributed by atoms with Gasteiger partial charge >= 0.3 is 0 Å². The lowest BCUT2D eigenvalue weighted by Crippen LogP contribution is -2.45. The van der Waals surface area contributed by atoms with E-state index in [1.807, 2.05) is 0 Å². The van der Waals surface area contributed by atoms with Crippen LogP contribution in [0.5, 0.6) is 0 Å². The van der Waals surface area contributed by atoms with Crippen LogP contribution in [0.4, 0.5) is 0 Å². The number of β-amino-alcohol motifs (C(OH)–C–C–N with tert-alkyl or cyclic N) is 1. The van der Waals surface area contributed by atoms with Crippen molar-refractivity contribution in [3.8, 4) is 6.07 Å². The van der Waals surface area contributed by atoms with Crippen LogP contribution >= 0.6 is 0 Å². The predicted octanol–water partition coefficient (Wildman–Crippen LogP) is 2.01. The molecule has 24 heavy (non-hydrogen) atoms. The molecule has 5 nitrogen and oxygen atoms in total. The topological polar surface area (TPSA) is 59.7 Å². The first-order valence-electron chi connectivity index (χ1n) is 9.84. The number of likely N-dealkylation sites (tertiary alicyclic amines) is 2. The van der Waals surface area contributed by atoms with Crippen molar-refractivity contribution < 1.29 is 9.84 Å². The zero-order valence-corrected chi connectivity index (χ0v) is 15.0. The molecule has 3 aliphatic heterocycles. The van der Waals surface area contributed by atoms with Crippen LogP contribution in [-0.4, -0.2) is 73.0 Å². The summed E-state index contributed by atoms with van der Waals surface area (Å²) in [4.78, 5) is 5.08. The summed E-state index contributed by atoms with van der Waals surface area (Å²) in [5, 5.41) is 20.2. The molecule has 0 aromatic carbocycles. The van der Waals surface area contributed by atoms with E-state index < -0.39 is 6.10 Å². The second-order valence-corrected chi connectivity index (χ2v) is 8.01. The average molecular weight is 335 g/mol. The molecule has 3 fully saturated rings. The molecular weight excluding hydrogens is 302 g/mol. The lowest BCUT2D eigenvalue weighted by atomic mass is 9.77. The van der Waals surface area contributed by atoms with Crippen molar-refractivity contribution in [1.29, 1.82) is 5.26 Å². The van der Waals surface area contributed by atoms with Crippen LogP contribution < -0.4 is 0 Å². The molecule has 0 saturated carbocycles. The molecule has 5 heteroatoms. The number of rotatable bonds is 6. The summed E-state index contributed by atoms with van der Waals surface area (Å²) in [6.45, 7) is 6.77. The Morgan fingerprint density at radius 3 is 2.58 bits per heavy atom. The van der Waals surface area contributed by atoms with Gasteiger partial charge in [0.05, 0.1) is 17.6 Å². The molecule has 0 aromatic heterocycles. The molecule has 3 heterocycles. The predicted molar refractivity (Wildman–Crippen MR) is 93.6 cm³/mol. The van der Waals surface area contributed by atoms with Crippen LogP contribution in [0.1, 0.15) is 51.4 Å². The fraction of sp³-hybridized carbons (Fsp3) is 0.947. The average Bonchev–Trinajstić information content (AvgIpc) is 3.03. The number of ether oxygens (including phenoxy) is 1. The van der Waals surface area contributed by atoms with Crippen LogP contribution in [0.25, 0.3) is 0 Å². The van der Waals surface area contributed by atoms with Gasteiger partial charge in [0.1, 0.15) is 0 Å². The second kappa shape index (κ2) is 8.62. The smallest absolute Gasteiger partial charge is 0.0692 e. The Bertz CT molecular complexity index is 425. The first kappa shape index (κ1) is 18.1. The summed E-state index contributed by atoms with van der Waals surface area (Å²) >= 11 is 0. The Kier molecular flexibility index (Phi) is 6.51. The molecule has 0 radical (unpaired) electrons. The van der Waals surface area contributed by atoms with Crippen molar-refractivity contribution in [2.45, 2.75) is 63.5 Å². The summed E-state index contributed by atoms with van der Waals surface area (Å²) in [7, 11) is 0. The van der Waals surface area contributed by atoms with Gasteiger partial charge in [0.2, 0.25) is 0 Å². The first-order chi connectivity index (χ1) is 11.7. The molecule has 0 spiro atoms. The monoisotopic (exact) mass is 335 g/mol. The van der Waals surface area contributed by atoms with Crippen molar-refractivity contribution in [2.24, 2.45) is 5.41 Å². The molecule has 0 aliphatic carbocycles. The van der Waals surface area contributed by atoms with E-state index in [1.54, 1.807) is 0 Å². The Labute approximate surface area is 146 Å². The molecule has 3 rings (SSSR count). The number of hydrogen-bond acceptors (Lipinski definition) is 5. The first-order valence-corrected chi connectivity index (χ1v) is 9.84. The lowest BCUT2D eigenvalue weighted by Gasteiger charge is -2.36. The van der Waals surface area contributed by atoms with E-state index in [0.29, 0.717) is 25.7 Å². The van der Waals surface area contributed by atoms with Crippen LogP contribution in [0.2, 0.25) is 0 Å². The number of piperidine rings is 1. The Balaban J connectivity index is 1.49. The van der Waals surface area contributed by atoms with Gasteiger partial charge in [-0.15, -0.1) is 0 Å². The van der Waals surface area contributed by atoms with Gasteiger partial charge in [-0.05, 0) is 64.6 Å². The summed E-state index contributed by atoms with van der Waals surface area (Å²) in [5.41, 5.74) is -0.375. The van der Waals surface area contributed by atoms with Crippen molar-refractivity contribution in [3.63, 3.8) is 0 Å². The van der Waals surface area contributed by atoms with E-state index in [2.05, 4.69) is 15.9 Å². The second-order valence-electron chi connectivity index (χ2n) is 8.01. The number of hydrogen-bond donors (Lipinski definition) is 1. The van der Waals surface area contributed by atoms with Crippen molar-refractivity contribution >= 4 is 0 Å². The normalized spacial score (nSPS) is 30.1. The Morgan fingerprint density at radius 1 is 1.12 bits per heavy atom. The summed E-state index contributed by atoms with van der Waals surface area (Å²) in [6, 6.07) is 3.07. The number of aliphatic hydroxyl groups is 1. The van der Waals surface area contributed by atoms with Crippen LogP contribution in [0.15, 0.2) is 0 Å². The third-order valence-electron chi connectivity index (χ3n) is 6.18. The minimum atomic E-state index is -0.398.